The molecule has 1 heterocycles. The normalized spacial score (nSPS) is 13.4. The summed E-state index contributed by atoms with van der Waals surface area (Å²) in [5.74, 6) is 0. The molecule has 0 aliphatic rings. The number of rotatable bonds is 0. The largest absolute Gasteiger partial charge is 0.179 e. The monoisotopic (exact) mass is 195 g/mol. The van der Waals surface area contributed by atoms with Crippen LogP contribution in [0.3, 0.4) is 0 Å². The highest BCUT2D eigenvalue weighted by atomic mass is 15.5. The van der Waals surface area contributed by atoms with Crippen molar-refractivity contribution in [1.82, 2.24) is 15.0 Å². The summed E-state index contributed by atoms with van der Waals surface area (Å²) in [6, 6.07) is 0. The van der Waals surface area contributed by atoms with Crippen LogP contribution in [-0.4, -0.2) is 15.0 Å². The standard InChI is InChI=1S/C11H21N3/c1-8-9(10(2,3)4)13-14(12-8)11(5,6)7/h1-7H3. The minimum Gasteiger partial charge on any atom is -0.179 e. The third-order valence-electron chi connectivity index (χ3n) is 2.09. The van der Waals surface area contributed by atoms with Gasteiger partial charge in [-0.3, -0.25) is 0 Å². The number of hydrogen-bond acceptors (Lipinski definition) is 2. The van der Waals surface area contributed by atoms with Crippen LogP contribution in [0, 0.1) is 6.92 Å². The average molecular weight is 195 g/mol. The summed E-state index contributed by atoms with van der Waals surface area (Å²) in [5.41, 5.74) is 2.17. The van der Waals surface area contributed by atoms with Crippen LogP contribution in [0.25, 0.3) is 0 Å². The fraction of sp³-hybridized carbons (Fsp3) is 0.818. The molecule has 1 aromatic rings. The van der Waals surface area contributed by atoms with Crippen molar-refractivity contribution in [2.45, 2.75) is 59.4 Å². The van der Waals surface area contributed by atoms with Crippen molar-refractivity contribution in [2.75, 3.05) is 0 Å². The first-order chi connectivity index (χ1) is 6.12. The molecule has 0 aliphatic carbocycles. The fourth-order valence-corrected chi connectivity index (χ4v) is 1.37. The number of aryl methyl sites for hydroxylation is 1. The van der Waals surface area contributed by atoms with Crippen molar-refractivity contribution < 1.29 is 0 Å². The van der Waals surface area contributed by atoms with E-state index in [1.807, 2.05) is 11.7 Å². The first kappa shape index (κ1) is 11.2. The molecule has 0 spiro atoms. The van der Waals surface area contributed by atoms with Gasteiger partial charge in [-0.05, 0) is 27.7 Å². The van der Waals surface area contributed by atoms with Gasteiger partial charge in [-0.25, -0.2) is 0 Å². The van der Waals surface area contributed by atoms with Crippen LogP contribution >= 0.6 is 0 Å². The molecule has 0 saturated heterocycles. The Bertz CT molecular complexity index is 323. The van der Waals surface area contributed by atoms with Crippen LogP contribution in [0.5, 0.6) is 0 Å². The van der Waals surface area contributed by atoms with Gasteiger partial charge in [0, 0.05) is 5.41 Å². The Balaban J connectivity index is 3.19. The highest BCUT2D eigenvalue weighted by Gasteiger charge is 2.24. The lowest BCUT2D eigenvalue weighted by Gasteiger charge is -2.18. The van der Waals surface area contributed by atoms with Crippen LogP contribution in [0.2, 0.25) is 0 Å². The topological polar surface area (TPSA) is 30.7 Å². The maximum absolute atomic E-state index is 4.56. The summed E-state index contributed by atoms with van der Waals surface area (Å²) < 4.78 is 0. The lowest BCUT2D eigenvalue weighted by molar-refractivity contribution is 0.307. The molecule has 3 nitrogen and oxygen atoms in total. The average Bonchev–Trinajstić information content (AvgIpc) is 2.27. The molecule has 14 heavy (non-hydrogen) atoms. The van der Waals surface area contributed by atoms with Gasteiger partial charge in [-0.1, -0.05) is 20.8 Å². The van der Waals surface area contributed by atoms with Crippen molar-refractivity contribution in [3.63, 3.8) is 0 Å². The van der Waals surface area contributed by atoms with E-state index in [4.69, 9.17) is 0 Å². The number of hydrogen-bond donors (Lipinski definition) is 0. The molecule has 0 saturated carbocycles. The van der Waals surface area contributed by atoms with E-state index >= 15 is 0 Å². The van der Waals surface area contributed by atoms with Gasteiger partial charge in [-0.2, -0.15) is 15.0 Å². The van der Waals surface area contributed by atoms with Gasteiger partial charge < -0.3 is 0 Å². The summed E-state index contributed by atoms with van der Waals surface area (Å²) in [7, 11) is 0. The molecule has 0 radical (unpaired) electrons. The molecule has 0 N–H and O–H groups in total. The summed E-state index contributed by atoms with van der Waals surface area (Å²) in [5, 5.41) is 9.01. The summed E-state index contributed by atoms with van der Waals surface area (Å²) in [6.45, 7) is 14.8. The molecule has 0 unspecified atom stereocenters. The first-order valence-corrected chi connectivity index (χ1v) is 5.07. The summed E-state index contributed by atoms with van der Waals surface area (Å²) in [6.07, 6.45) is 0. The Labute approximate surface area is 86.5 Å². The summed E-state index contributed by atoms with van der Waals surface area (Å²) in [4.78, 5) is 1.81. The van der Waals surface area contributed by atoms with Crippen molar-refractivity contribution in [1.29, 1.82) is 0 Å². The molecule has 0 atom stereocenters. The Morgan fingerprint density at radius 3 is 1.64 bits per heavy atom. The van der Waals surface area contributed by atoms with E-state index in [2.05, 4.69) is 51.7 Å². The second-order valence-corrected chi connectivity index (χ2v) is 5.84. The molecule has 0 bridgehead atoms. The second kappa shape index (κ2) is 3.07. The van der Waals surface area contributed by atoms with E-state index in [1.54, 1.807) is 0 Å². The van der Waals surface area contributed by atoms with E-state index in [-0.39, 0.29) is 11.0 Å². The molecular formula is C11H21N3. The number of aromatic nitrogens is 3. The molecule has 80 valence electrons. The molecule has 0 aliphatic heterocycles. The zero-order chi connectivity index (χ0) is 11.1. The van der Waals surface area contributed by atoms with Crippen LogP contribution in [0.4, 0.5) is 0 Å². The predicted molar refractivity (Wildman–Crippen MR) is 58.5 cm³/mol. The second-order valence-electron chi connectivity index (χ2n) is 5.84. The van der Waals surface area contributed by atoms with Crippen molar-refractivity contribution in [3.8, 4) is 0 Å². The molecular weight excluding hydrogens is 174 g/mol. The third kappa shape index (κ3) is 2.14. The van der Waals surface area contributed by atoms with Gasteiger partial charge in [0.1, 0.15) is 0 Å². The minimum atomic E-state index is -0.0335. The molecule has 0 aromatic carbocycles. The van der Waals surface area contributed by atoms with Crippen molar-refractivity contribution >= 4 is 0 Å². The number of nitrogens with zero attached hydrogens (tertiary/aromatic N) is 3. The highest BCUT2D eigenvalue weighted by Crippen LogP contribution is 2.23. The van der Waals surface area contributed by atoms with Gasteiger partial charge in [-0.15, -0.1) is 0 Å². The zero-order valence-electron chi connectivity index (χ0n) is 10.3. The van der Waals surface area contributed by atoms with Gasteiger partial charge in [0.05, 0.1) is 16.9 Å². The Kier molecular flexibility index (Phi) is 2.46. The summed E-state index contributed by atoms with van der Waals surface area (Å²) >= 11 is 0. The maximum Gasteiger partial charge on any atom is 0.0909 e. The smallest absolute Gasteiger partial charge is 0.0909 e. The molecule has 1 rings (SSSR count). The Morgan fingerprint density at radius 2 is 1.43 bits per heavy atom. The van der Waals surface area contributed by atoms with E-state index in [0.29, 0.717) is 0 Å². The lowest BCUT2D eigenvalue weighted by Crippen LogP contribution is -2.25. The lowest BCUT2D eigenvalue weighted by atomic mass is 9.91. The van der Waals surface area contributed by atoms with Gasteiger partial charge in [0.25, 0.3) is 0 Å². The van der Waals surface area contributed by atoms with Gasteiger partial charge >= 0.3 is 0 Å². The van der Waals surface area contributed by atoms with E-state index in [9.17, 15) is 0 Å². The van der Waals surface area contributed by atoms with Crippen LogP contribution in [0.1, 0.15) is 52.9 Å². The molecule has 3 heteroatoms. The highest BCUT2D eigenvalue weighted by molar-refractivity contribution is 5.16. The first-order valence-electron chi connectivity index (χ1n) is 5.07. The predicted octanol–water partition coefficient (Wildman–Crippen LogP) is 2.64. The van der Waals surface area contributed by atoms with Crippen LogP contribution in [-0.2, 0) is 11.0 Å². The maximum atomic E-state index is 4.56. The fourth-order valence-electron chi connectivity index (χ4n) is 1.37. The van der Waals surface area contributed by atoms with E-state index in [1.165, 1.54) is 0 Å². The van der Waals surface area contributed by atoms with Gasteiger partial charge in [0.2, 0.25) is 0 Å². The SMILES string of the molecule is Cc1nn(C(C)(C)C)nc1C(C)(C)C. The van der Waals surface area contributed by atoms with E-state index in [0.717, 1.165) is 11.4 Å². The molecule has 0 amide bonds. The molecule has 0 fully saturated rings. The van der Waals surface area contributed by atoms with Crippen LogP contribution < -0.4 is 0 Å². The Morgan fingerprint density at radius 1 is 0.929 bits per heavy atom. The van der Waals surface area contributed by atoms with E-state index < -0.39 is 0 Å². The van der Waals surface area contributed by atoms with Crippen LogP contribution in [0.15, 0.2) is 0 Å². The van der Waals surface area contributed by atoms with Crippen molar-refractivity contribution in [3.05, 3.63) is 11.4 Å². The van der Waals surface area contributed by atoms with Crippen molar-refractivity contribution in [2.24, 2.45) is 0 Å². The Hall–Kier alpha value is -0.860. The third-order valence-corrected chi connectivity index (χ3v) is 2.09. The van der Waals surface area contributed by atoms with Gasteiger partial charge in [0.15, 0.2) is 0 Å². The quantitative estimate of drug-likeness (QED) is 0.637. The zero-order valence-corrected chi connectivity index (χ0v) is 10.3. The molecule has 1 aromatic heterocycles. The minimum absolute atomic E-state index is 0.0335.